The van der Waals surface area contributed by atoms with Gasteiger partial charge in [-0.05, 0) is 37.0 Å². The predicted molar refractivity (Wildman–Crippen MR) is 91.8 cm³/mol. The highest BCUT2D eigenvalue weighted by atomic mass is 16.5. The molecule has 0 spiro atoms. The van der Waals surface area contributed by atoms with Crippen molar-refractivity contribution in [3.63, 3.8) is 0 Å². The highest BCUT2D eigenvalue weighted by Gasteiger charge is 2.17. The summed E-state index contributed by atoms with van der Waals surface area (Å²) in [6.45, 7) is 0. The van der Waals surface area contributed by atoms with Crippen LogP contribution in [0, 0.1) is 0 Å². The van der Waals surface area contributed by atoms with Gasteiger partial charge in [0.2, 0.25) is 0 Å². The smallest absolute Gasteiger partial charge is 0.338 e. The minimum atomic E-state index is -0.773. The van der Waals surface area contributed by atoms with E-state index in [0.29, 0.717) is 18.4 Å². The monoisotopic (exact) mass is 326 g/mol. The summed E-state index contributed by atoms with van der Waals surface area (Å²) in [5.74, 6) is -1.11. The van der Waals surface area contributed by atoms with E-state index in [4.69, 9.17) is 9.84 Å². The number of hydrogen-bond donors (Lipinski definition) is 1. The first-order chi connectivity index (χ1) is 11.7. The van der Waals surface area contributed by atoms with Crippen LogP contribution in [0.15, 0.2) is 60.7 Å². The van der Waals surface area contributed by atoms with Gasteiger partial charge in [-0.3, -0.25) is 4.79 Å². The number of rotatable bonds is 9. The number of hydrogen-bond acceptors (Lipinski definition) is 3. The number of benzene rings is 2. The van der Waals surface area contributed by atoms with Crippen molar-refractivity contribution < 1.29 is 19.4 Å². The van der Waals surface area contributed by atoms with Crippen molar-refractivity contribution in [3.05, 3.63) is 71.8 Å². The predicted octanol–water partition coefficient (Wildman–Crippen LogP) is 4.62. The number of esters is 1. The van der Waals surface area contributed by atoms with Gasteiger partial charge >= 0.3 is 11.9 Å². The van der Waals surface area contributed by atoms with Crippen molar-refractivity contribution in [2.45, 2.75) is 38.2 Å². The van der Waals surface area contributed by atoms with E-state index in [9.17, 15) is 9.59 Å². The number of aliphatic carboxylic acids is 1. The summed E-state index contributed by atoms with van der Waals surface area (Å²) < 4.78 is 5.70. The molecule has 1 atom stereocenters. The molecule has 4 heteroatoms. The van der Waals surface area contributed by atoms with Crippen molar-refractivity contribution >= 4 is 11.9 Å². The molecule has 126 valence electrons. The second kappa shape index (κ2) is 9.50. The van der Waals surface area contributed by atoms with Crippen LogP contribution in [-0.2, 0) is 9.53 Å². The molecule has 0 bridgehead atoms. The lowest BCUT2D eigenvalue weighted by molar-refractivity contribution is -0.137. The lowest BCUT2D eigenvalue weighted by atomic mass is 10.0. The molecule has 0 amide bonds. The van der Waals surface area contributed by atoms with Crippen LogP contribution in [-0.4, -0.2) is 17.0 Å². The van der Waals surface area contributed by atoms with Gasteiger partial charge in [0.25, 0.3) is 0 Å². The zero-order valence-corrected chi connectivity index (χ0v) is 13.6. The molecule has 0 unspecified atom stereocenters. The summed E-state index contributed by atoms with van der Waals surface area (Å²) in [5.41, 5.74) is 1.49. The third-order valence-corrected chi connectivity index (χ3v) is 3.79. The Kier molecular flexibility index (Phi) is 7.02. The first kappa shape index (κ1) is 17.7. The van der Waals surface area contributed by atoms with Gasteiger partial charge in [0, 0.05) is 6.42 Å². The number of carbonyl (C=O) groups excluding carboxylic acids is 1. The number of ether oxygens (including phenoxy) is 1. The quantitative estimate of drug-likeness (QED) is 0.539. The van der Waals surface area contributed by atoms with Crippen LogP contribution in [0.2, 0.25) is 0 Å². The average molecular weight is 326 g/mol. The SMILES string of the molecule is O=C(O)CCCCC[C@@H](OC(=O)c1ccccc1)c1ccccc1. The summed E-state index contributed by atoms with van der Waals surface area (Å²) >= 11 is 0. The Hall–Kier alpha value is -2.62. The fraction of sp³-hybridized carbons (Fsp3) is 0.300. The number of carbonyl (C=O) groups is 2. The topological polar surface area (TPSA) is 63.6 Å². The van der Waals surface area contributed by atoms with Gasteiger partial charge in [0.15, 0.2) is 0 Å². The maximum Gasteiger partial charge on any atom is 0.338 e. The molecule has 1 N–H and O–H groups in total. The largest absolute Gasteiger partial charge is 0.481 e. The first-order valence-electron chi connectivity index (χ1n) is 8.19. The Balaban J connectivity index is 1.96. The standard InChI is InChI=1S/C20H22O4/c21-19(22)15-9-3-8-14-18(16-10-4-1-5-11-16)24-20(23)17-12-6-2-7-13-17/h1-2,4-7,10-13,18H,3,8-9,14-15H2,(H,21,22)/t18-/m1/s1. The molecule has 4 nitrogen and oxygen atoms in total. The number of carboxylic acid groups (broad SMARTS) is 1. The molecule has 0 aliphatic rings. The number of carboxylic acids is 1. The summed E-state index contributed by atoms with van der Waals surface area (Å²) in [4.78, 5) is 22.9. The summed E-state index contributed by atoms with van der Waals surface area (Å²) in [6.07, 6.45) is 2.81. The third kappa shape index (κ3) is 5.88. The zero-order valence-electron chi connectivity index (χ0n) is 13.6. The Labute approximate surface area is 142 Å². The molecule has 0 fully saturated rings. The van der Waals surface area contributed by atoms with Gasteiger partial charge in [-0.15, -0.1) is 0 Å². The molecule has 0 heterocycles. The van der Waals surface area contributed by atoms with Crippen molar-refractivity contribution in [1.29, 1.82) is 0 Å². The van der Waals surface area contributed by atoms with Gasteiger partial charge in [-0.25, -0.2) is 4.79 Å². The Morgan fingerprint density at radius 1 is 0.875 bits per heavy atom. The molecule has 0 radical (unpaired) electrons. The van der Waals surface area contributed by atoms with Crippen LogP contribution in [0.25, 0.3) is 0 Å². The van der Waals surface area contributed by atoms with Crippen LogP contribution in [0.4, 0.5) is 0 Å². The molecule has 0 aliphatic carbocycles. The fourth-order valence-electron chi connectivity index (χ4n) is 2.52. The van der Waals surface area contributed by atoms with Gasteiger partial charge in [-0.2, -0.15) is 0 Å². The van der Waals surface area contributed by atoms with E-state index < -0.39 is 5.97 Å². The van der Waals surface area contributed by atoms with Crippen molar-refractivity contribution in [3.8, 4) is 0 Å². The Morgan fingerprint density at radius 3 is 2.12 bits per heavy atom. The molecule has 0 aromatic heterocycles. The van der Waals surface area contributed by atoms with Gasteiger partial charge in [0.05, 0.1) is 5.56 Å². The molecule has 2 aromatic carbocycles. The van der Waals surface area contributed by atoms with E-state index in [-0.39, 0.29) is 18.5 Å². The first-order valence-corrected chi connectivity index (χ1v) is 8.19. The normalized spacial score (nSPS) is 11.7. The van der Waals surface area contributed by atoms with Crippen molar-refractivity contribution in [2.24, 2.45) is 0 Å². The molecule has 0 aliphatic heterocycles. The lowest BCUT2D eigenvalue weighted by Crippen LogP contribution is -2.12. The van der Waals surface area contributed by atoms with Crippen LogP contribution in [0.3, 0.4) is 0 Å². The second-order valence-corrected chi connectivity index (χ2v) is 5.66. The maximum absolute atomic E-state index is 12.3. The van der Waals surface area contributed by atoms with Crippen molar-refractivity contribution in [2.75, 3.05) is 0 Å². The molecule has 2 aromatic rings. The molecule has 0 saturated carbocycles. The van der Waals surface area contributed by atoms with Crippen LogP contribution < -0.4 is 0 Å². The van der Waals surface area contributed by atoms with Gasteiger partial charge < -0.3 is 9.84 Å². The van der Waals surface area contributed by atoms with Crippen LogP contribution >= 0.6 is 0 Å². The summed E-state index contributed by atoms with van der Waals surface area (Å²) in [6, 6.07) is 18.6. The highest BCUT2D eigenvalue weighted by molar-refractivity contribution is 5.89. The van der Waals surface area contributed by atoms with E-state index in [1.165, 1.54) is 0 Å². The van der Waals surface area contributed by atoms with Gasteiger partial charge in [0.1, 0.15) is 6.10 Å². The molecular formula is C20H22O4. The molecule has 2 rings (SSSR count). The Bertz CT molecular complexity index is 637. The van der Waals surface area contributed by atoms with Crippen LogP contribution in [0.1, 0.15) is 54.1 Å². The molecule has 24 heavy (non-hydrogen) atoms. The van der Waals surface area contributed by atoms with E-state index >= 15 is 0 Å². The van der Waals surface area contributed by atoms with E-state index in [0.717, 1.165) is 18.4 Å². The minimum Gasteiger partial charge on any atom is -0.481 e. The van der Waals surface area contributed by atoms with Gasteiger partial charge in [-0.1, -0.05) is 55.0 Å². The Morgan fingerprint density at radius 2 is 1.50 bits per heavy atom. The third-order valence-electron chi connectivity index (χ3n) is 3.79. The maximum atomic E-state index is 12.3. The summed E-state index contributed by atoms with van der Waals surface area (Å²) in [7, 11) is 0. The van der Waals surface area contributed by atoms with E-state index in [1.807, 2.05) is 36.4 Å². The fourth-order valence-corrected chi connectivity index (χ4v) is 2.52. The molecular weight excluding hydrogens is 304 g/mol. The molecule has 0 saturated heterocycles. The number of unbranched alkanes of at least 4 members (excludes halogenated alkanes) is 2. The zero-order chi connectivity index (χ0) is 17.2. The van der Waals surface area contributed by atoms with E-state index in [2.05, 4.69) is 0 Å². The summed E-state index contributed by atoms with van der Waals surface area (Å²) in [5, 5.41) is 8.68. The lowest BCUT2D eigenvalue weighted by Gasteiger charge is -2.18. The average Bonchev–Trinajstić information content (AvgIpc) is 2.61. The van der Waals surface area contributed by atoms with Crippen molar-refractivity contribution in [1.82, 2.24) is 0 Å². The highest BCUT2D eigenvalue weighted by Crippen LogP contribution is 2.25. The second-order valence-electron chi connectivity index (χ2n) is 5.66. The minimum absolute atomic E-state index is 0.180. The van der Waals surface area contributed by atoms with E-state index in [1.54, 1.807) is 24.3 Å². The van der Waals surface area contributed by atoms with Crippen LogP contribution in [0.5, 0.6) is 0 Å².